The Hall–Kier alpha value is 0.270. The van der Waals surface area contributed by atoms with E-state index in [-0.39, 0.29) is 0 Å². The van der Waals surface area contributed by atoms with Crippen molar-refractivity contribution in [3.8, 4) is 0 Å². The molecular formula is C11H14S3. The molecule has 1 fully saturated rings. The van der Waals surface area contributed by atoms with Gasteiger partial charge in [-0.25, -0.2) is 0 Å². The summed E-state index contributed by atoms with van der Waals surface area (Å²) in [7, 11) is 0. The molecule has 0 radical (unpaired) electrons. The molecule has 1 heterocycles. The normalized spacial score (nSPS) is 26.7. The zero-order valence-electron chi connectivity index (χ0n) is 8.14. The Morgan fingerprint density at radius 2 is 2.07 bits per heavy atom. The summed E-state index contributed by atoms with van der Waals surface area (Å²) in [5, 5.41) is 0.731. The Bertz CT molecular complexity index is 294. The van der Waals surface area contributed by atoms with Gasteiger partial charge in [-0.05, 0) is 12.5 Å². The lowest BCUT2D eigenvalue weighted by atomic mass is 10.2. The third-order valence-electron chi connectivity index (χ3n) is 2.30. The van der Waals surface area contributed by atoms with Gasteiger partial charge in [0, 0.05) is 16.8 Å². The quantitative estimate of drug-likeness (QED) is 0.784. The number of aryl methyl sites for hydroxylation is 1. The predicted molar refractivity (Wildman–Crippen MR) is 71.6 cm³/mol. The Morgan fingerprint density at radius 1 is 1.36 bits per heavy atom. The third kappa shape index (κ3) is 2.44. The molecule has 2 rings (SSSR count). The van der Waals surface area contributed by atoms with Crippen molar-refractivity contribution in [2.24, 2.45) is 0 Å². The standard InChI is InChI=1S/C11H14S3/c1-8-2-4-9(5-3-8)11-13-7-10(6-12)14-11/h2-5,10-12H,6-7H2,1H3. The van der Waals surface area contributed by atoms with Crippen LogP contribution >= 0.6 is 36.2 Å². The van der Waals surface area contributed by atoms with Gasteiger partial charge >= 0.3 is 0 Å². The van der Waals surface area contributed by atoms with E-state index in [4.69, 9.17) is 0 Å². The van der Waals surface area contributed by atoms with Crippen molar-refractivity contribution in [3.05, 3.63) is 35.4 Å². The second kappa shape index (κ2) is 4.86. The highest BCUT2D eigenvalue weighted by atomic mass is 32.2. The summed E-state index contributed by atoms with van der Waals surface area (Å²) in [6.45, 7) is 2.13. The van der Waals surface area contributed by atoms with Crippen molar-refractivity contribution in [3.63, 3.8) is 0 Å². The van der Waals surface area contributed by atoms with Crippen molar-refractivity contribution in [1.29, 1.82) is 0 Å². The summed E-state index contributed by atoms with van der Waals surface area (Å²) in [5.41, 5.74) is 2.79. The summed E-state index contributed by atoms with van der Waals surface area (Å²) >= 11 is 8.46. The van der Waals surface area contributed by atoms with Crippen molar-refractivity contribution < 1.29 is 0 Å². The van der Waals surface area contributed by atoms with Gasteiger partial charge in [-0.3, -0.25) is 0 Å². The van der Waals surface area contributed by atoms with Crippen molar-refractivity contribution in [1.82, 2.24) is 0 Å². The number of hydrogen-bond donors (Lipinski definition) is 1. The molecule has 3 heteroatoms. The first-order chi connectivity index (χ1) is 6.79. The molecule has 1 aliphatic rings. The molecule has 0 amide bonds. The molecule has 0 aromatic heterocycles. The van der Waals surface area contributed by atoms with Gasteiger partial charge in [0.15, 0.2) is 0 Å². The third-order valence-corrected chi connectivity index (χ3v) is 6.35. The largest absolute Gasteiger partial charge is 0.178 e. The molecule has 0 saturated carbocycles. The maximum Gasteiger partial charge on any atom is 0.0755 e. The minimum absolute atomic E-state index is 0.632. The molecule has 2 unspecified atom stereocenters. The Morgan fingerprint density at radius 3 is 2.64 bits per heavy atom. The summed E-state index contributed by atoms with van der Waals surface area (Å²) in [6.07, 6.45) is 0. The molecule has 1 aliphatic heterocycles. The zero-order chi connectivity index (χ0) is 9.97. The molecule has 76 valence electrons. The molecule has 0 N–H and O–H groups in total. The van der Waals surface area contributed by atoms with Gasteiger partial charge in [0.2, 0.25) is 0 Å². The van der Waals surface area contributed by atoms with E-state index in [1.165, 1.54) is 16.9 Å². The minimum Gasteiger partial charge on any atom is -0.178 e. The molecule has 0 aliphatic carbocycles. The smallest absolute Gasteiger partial charge is 0.0755 e. The first-order valence-electron chi connectivity index (χ1n) is 4.74. The summed E-state index contributed by atoms with van der Waals surface area (Å²) in [4.78, 5) is 0. The fourth-order valence-electron chi connectivity index (χ4n) is 1.44. The van der Waals surface area contributed by atoms with Crippen LogP contribution in [0.15, 0.2) is 24.3 Å². The van der Waals surface area contributed by atoms with Gasteiger partial charge in [0.25, 0.3) is 0 Å². The van der Waals surface area contributed by atoms with E-state index in [9.17, 15) is 0 Å². The molecule has 1 aromatic carbocycles. The Balaban J connectivity index is 2.06. The van der Waals surface area contributed by atoms with Crippen LogP contribution in [0, 0.1) is 6.92 Å². The topological polar surface area (TPSA) is 0 Å². The van der Waals surface area contributed by atoms with E-state index in [2.05, 4.69) is 55.6 Å². The number of benzene rings is 1. The lowest BCUT2D eigenvalue weighted by molar-refractivity contribution is 1.17. The van der Waals surface area contributed by atoms with Gasteiger partial charge in [0.1, 0.15) is 0 Å². The molecular weight excluding hydrogens is 228 g/mol. The highest BCUT2D eigenvalue weighted by Gasteiger charge is 2.25. The fourth-order valence-corrected chi connectivity index (χ4v) is 5.18. The lowest BCUT2D eigenvalue weighted by Crippen LogP contribution is -2.01. The van der Waals surface area contributed by atoms with Crippen LogP contribution in [0.2, 0.25) is 0 Å². The van der Waals surface area contributed by atoms with E-state index >= 15 is 0 Å². The maximum atomic E-state index is 4.35. The van der Waals surface area contributed by atoms with Gasteiger partial charge in [0.05, 0.1) is 4.58 Å². The maximum absolute atomic E-state index is 4.35. The average Bonchev–Trinajstić information content (AvgIpc) is 2.67. The van der Waals surface area contributed by atoms with Crippen LogP contribution in [-0.4, -0.2) is 16.8 Å². The van der Waals surface area contributed by atoms with Gasteiger partial charge in [-0.2, -0.15) is 12.6 Å². The van der Waals surface area contributed by atoms with Gasteiger partial charge in [-0.1, -0.05) is 29.8 Å². The van der Waals surface area contributed by atoms with Crippen LogP contribution in [-0.2, 0) is 0 Å². The number of thiol groups is 1. The SMILES string of the molecule is Cc1ccc(C2SCC(CS)S2)cc1. The van der Waals surface area contributed by atoms with Crippen LogP contribution in [0.25, 0.3) is 0 Å². The Labute approximate surface area is 99.7 Å². The highest BCUT2D eigenvalue weighted by Crippen LogP contribution is 2.49. The van der Waals surface area contributed by atoms with Crippen LogP contribution < -0.4 is 0 Å². The van der Waals surface area contributed by atoms with Crippen molar-refractivity contribution in [2.45, 2.75) is 16.8 Å². The van der Waals surface area contributed by atoms with Crippen molar-refractivity contribution >= 4 is 36.2 Å². The second-order valence-electron chi connectivity index (χ2n) is 3.52. The van der Waals surface area contributed by atoms with Gasteiger partial charge < -0.3 is 0 Å². The first kappa shape index (κ1) is 10.8. The molecule has 0 spiro atoms. The van der Waals surface area contributed by atoms with Crippen LogP contribution in [0.1, 0.15) is 15.7 Å². The Kier molecular flexibility index (Phi) is 3.74. The minimum atomic E-state index is 0.632. The summed E-state index contributed by atoms with van der Waals surface area (Å²) in [5.74, 6) is 2.24. The zero-order valence-corrected chi connectivity index (χ0v) is 10.7. The predicted octanol–water partition coefficient (Wildman–Crippen LogP) is 3.77. The second-order valence-corrected chi connectivity index (χ2v) is 6.73. The highest BCUT2D eigenvalue weighted by molar-refractivity contribution is 8.20. The molecule has 14 heavy (non-hydrogen) atoms. The summed E-state index contributed by atoms with van der Waals surface area (Å²) < 4.78 is 0.632. The van der Waals surface area contributed by atoms with Crippen LogP contribution in [0.3, 0.4) is 0 Å². The van der Waals surface area contributed by atoms with E-state index in [0.29, 0.717) is 4.58 Å². The number of thioether (sulfide) groups is 2. The van der Waals surface area contributed by atoms with Crippen LogP contribution in [0.4, 0.5) is 0 Å². The van der Waals surface area contributed by atoms with E-state index < -0.39 is 0 Å². The van der Waals surface area contributed by atoms with E-state index in [0.717, 1.165) is 11.0 Å². The molecule has 1 saturated heterocycles. The monoisotopic (exact) mass is 242 g/mol. The first-order valence-corrected chi connectivity index (χ1v) is 7.36. The summed E-state index contributed by atoms with van der Waals surface area (Å²) in [6, 6.07) is 8.90. The van der Waals surface area contributed by atoms with E-state index in [1.54, 1.807) is 0 Å². The lowest BCUT2D eigenvalue weighted by Gasteiger charge is -2.09. The molecule has 2 atom stereocenters. The van der Waals surface area contributed by atoms with Gasteiger partial charge in [-0.15, -0.1) is 23.5 Å². The number of hydrogen-bond acceptors (Lipinski definition) is 3. The fraction of sp³-hybridized carbons (Fsp3) is 0.455. The van der Waals surface area contributed by atoms with E-state index in [1.807, 2.05) is 11.8 Å². The number of rotatable bonds is 2. The van der Waals surface area contributed by atoms with Crippen molar-refractivity contribution in [2.75, 3.05) is 11.5 Å². The molecule has 0 nitrogen and oxygen atoms in total. The molecule has 0 bridgehead atoms. The van der Waals surface area contributed by atoms with Crippen LogP contribution in [0.5, 0.6) is 0 Å². The average molecular weight is 242 g/mol. The molecule has 1 aromatic rings.